The maximum atomic E-state index is 13.1. The topological polar surface area (TPSA) is 149 Å². The Balaban J connectivity index is 1.47. The molecule has 1 aromatic carbocycles. The number of primary amides is 1. The number of anilines is 1. The van der Waals surface area contributed by atoms with Crippen molar-refractivity contribution < 1.29 is 18.0 Å². The fourth-order valence-corrected chi connectivity index (χ4v) is 4.08. The van der Waals surface area contributed by atoms with Crippen LogP contribution >= 0.6 is 0 Å². The number of carbonyl (C=O) groups is 1. The van der Waals surface area contributed by atoms with Crippen LogP contribution in [0.25, 0.3) is 33.9 Å². The van der Waals surface area contributed by atoms with E-state index >= 15 is 0 Å². The number of carbonyl (C=O) groups excluding carboxylic acids is 1. The highest BCUT2D eigenvalue weighted by molar-refractivity contribution is 5.88. The van der Waals surface area contributed by atoms with Crippen LogP contribution in [0.2, 0.25) is 0 Å². The van der Waals surface area contributed by atoms with Crippen LogP contribution in [0.5, 0.6) is 0 Å². The van der Waals surface area contributed by atoms with Gasteiger partial charge in [0.25, 0.3) is 0 Å². The Morgan fingerprint density at radius 2 is 1.82 bits per heavy atom. The molecule has 0 aliphatic carbocycles. The van der Waals surface area contributed by atoms with Gasteiger partial charge in [0.1, 0.15) is 22.7 Å². The Morgan fingerprint density at radius 3 is 2.48 bits per heavy atom. The summed E-state index contributed by atoms with van der Waals surface area (Å²) in [7, 11) is 1.49. The zero-order valence-corrected chi connectivity index (χ0v) is 21.6. The molecule has 4 heterocycles. The van der Waals surface area contributed by atoms with Crippen molar-refractivity contribution in [1.82, 2.24) is 34.1 Å². The van der Waals surface area contributed by atoms with Crippen molar-refractivity contribution >= 4 is 22.9 Å². The number of nitrogens with one attached hydrogen (secondary N) is 2. The third-order valence-electron chi connectivity index (χ3n) is 6.33. The second kappa shape index (κ2) is 9.63. The number of halogens is 3. The Kier molecular flexibility index (Phi) is 6.40. The first kappa shape index (κ1) is 26.6. The van der Waals surface area contributed by atoms with Gasteiger partial charge in [-0.2, -0.15) is 13.2 Å². The second-order valence-electron chi connectivity index (χ2n) is 9.72. The number of nitrogens with zero attached hydrogens (tertiary/aromatic N) is 6. The zero-order chi connectivity index (χ0) is 28.8. The average Bonchev–Trinajstić information content (AvgIpc) is 3.44. The van der Waals surface area contributed by atoms with Crippen LogP contribution in [0.15, 0.2) is 59.8 Å². The Hall–Kier alpha value is -5.01. The number of hydrogen-bond donors (Lipinski definition) is 3. The quantitative estimate of drug-likeness (QED) is 0.281. The van der Waals surface area contributed by atoms with Gasteiger partial charge in [-0.3, -0.25) is 9.36 Å². The van der Waals surface area contributed by atoms with Gasteiger partial charge in [0.2, 0.25) is 5.91 Å². The molecule has 0 fully saturated rings. The molecular weight excluding hydrogens is 527 g/mol. The smallest absolute Gasteiger partial charge is 0.368 e. The lowest BCUT2D eigenvalue weighted by atomic mass is 10.0. The largest absolute Gasteiger partial charge is 0.434 e. The lowest BCUT2D eigenvalue weighted by Gasteiger charge is -2.24. The predicted molar refractivity (Wildman–Crippen MR) is 141 cm³/mol. The molecule has 0 unspecified atom stereocenters. The maximum absolute atomic E-state index is 13.1. The van der Waals surface area contributed by atoms with E-state index in [1.165, 1.54) is 22.4 Å². The highest BCUT2D eigenvalue weighted by Gasteiger charge is 2.34. The predicted octanol–water partition coefficient (Wildman–Crippen LogP) is 3.33. The van der Waals surface area contributed by atoms with Crippen molar-refractivity contribution in [3.05, 3.63) is 76.7 Å². The van der Waals surface area contributed by atoms with Crippen molar-refractivity contribution in [2.24, 2.45) is 12.8 Å². The van der Waals surface area contributed by atoms with Gasteiger partial charge in [0.15, 0.2) is 17.2 Å². The minimum absolute atomic E-state index is 0.136. The summed E-state index contributed by atoms with van der Waals surface area (Å²) in [4.78, 5) is 44.3. The zero-order valence-electron chi connectivity index (χ0n) is 21.6. The van der Waals surface area contributed by atoms with Gasteiger partial charge in [-0.25, -0.2) is 24.7 Å². The minimum atomic E-state index is -4.54. The summed E-state index contributed by atoms with van der Waals surface area (Å²) in [6.45, 7) is 3.38. The molecule has 1 amide bonds. The van der Waals surface area contributed by atoms with E-state index in [1.54, 1.807) is 56.4 Å². The molecule has 0 atom stereocenters. The van der Waals surface area contributed by atoms with E-state index in [0.717, 1.165) is 6.20 Å². The number of H-pyrrole nitrogens is 1. The van der Waals surface area contributed by atoms with Crippen LogP contribution in [0.4, 0.5) is 19.0 Å². The first-order valence-electron chi connectivity index (χ1n) is 12.0. The van der Waals surface area contributed by atoms with E-state index in [9.17, 15) is 22.8 Å². The number of aromatic nitrogens is 7. The van der Waals surface area contributed by atoms with Crippen molar-refractivity contribution in [3.63, 3.8) is 0 Å². The number of nitrogens with two attached hydrogens (primary N) is 1. The second-order valence-corrected chi connectivity index (χ2v) is 9.72. The van der Waals surface area contributed by atoms with Gasteiger partial charge in [0, 0.05) is 25.0 Å². The molecule has 11 nitrogen and oxygen atoms in total. The standard InChI is InChI=1S/C26H24F3N9O2/c1-25(2,23(30)39)36-20-16(5-4-10-31-20)19-32-11-17-22(35-19)38(24(40)33-17)12-14-6-8-15(9-7-14)21-34-18(13-37(21)3)26(27,28)29/h4-11,13H,12H2,1-3H3,(H2,30,39)(H,31,36)(H,33,40). The van der Waals surface area contributed by atoms with E-state index in [4.69, 9.17) is 5.73 Å². The highest BCUT2D eigenvalue weighted by atomic mass is 19.4. The van der Waals surface area contributed by atoms with Crippen LogP contribution in [0.1, 0.15) is 25.1 Å². The highest BCUT2D eigenvalue weighted by Crippen LogP contribution is 2.31. The fraction of sp³-hybridized carbons (Fsp3) is 0.231. The van der Waals surface area contributed by atoms with E-state index in [0.29, 0.717) is 33.7 Å². The number of imidazole rings is 2. The molecule has 5 rings (SSSR count). The van der Waals surface area contributed by atoms with E-state index < -0.39 is 29.0 Å². The molecule has 4 N–H and O–H groups in total. The first-order chi connectivity index (χ1) is 18.8. The maximum Gasteiger partial charge on any atom is 0.434 e. The molecule has 0 aliphatic heterocycles. The summed E-state index contributed by atoms with van der Waals surface area (Å²) in [5, 5.41) is 3.01. The third-order valence-corrected chi connectivity index (χ3v) is 6.33. The Morgan fingerprint density at radius 1 is 1.10 bits per heavy atom. The number of amides is 1. The molecule has 0 aliphatic rings. The van der Waals surface area contributed by atoms with E-state index in [2.05, 4.69) is 30.2 Å². The lowest BCUT2D eigenvalue weighted by molar-refractivity contribution is -0.140. The number of fused-ring (bicyclic) bond motifs is 1. The number of aryl methyl sites for hydroxylation is 1. The number of benzene rings is 1. The summed E-state index contributed by atoms with van der Waals surface area (Å²) in [5.74, 6) is 0.200. The van der Waals surface area contributed by atoms with Gasteiger partial charge in [-0.15, -0.1) is 0 Å². The molecule has 0 bridgehead atoms. The summed E-state index contributed by atoms with van der Waals surface area (Å²) in [5.41, 5.74) is 5.46. The van der Waals surface area contributed by atoms with Gasteiger partial charge in [-0.1, -0.05) is 24.3 Å². The normalized spacial score (nSPS) is 12.2. The van der Waals surface area contributed by atoms with Crippen molar-refractivity contribution in [2.45, 2.75) is 32.1 Å². The Bertz CT molecular complexity index is 1780. The van der Waals surface area contributed by atoms with Gasteiger partial charge in [0.05, 0.1) is 18.3 Å². The van der Waals surface area contributed by atoms with E-state index in [1.807, 2.05) is 0 Å². The number of rotatable bonds is 7. The van der Waals surface area contributed by atoms with Crippen molar-refractivity contribution in [1.29, 1.82) is 0 Å². The molecule has 5 aromatic rings. The summed E-state index contributed by atoms with van der Waals surface area (Å²) in [6, 6.07) is 10.1. The van der Waals surface area contributed by atoms with Gasteiger partial charge < -0.3 is 20.6 Å². The summed E-state index contributed by atoms with van der Waals surface area (Å²) >= 11 is 0. The van der Waals surface area contributed by atoms with Crippen LogP contribution < -0.4 is 16.7 Å². The summed E-state index contributed by atoms with van der Waals surface area (Å²) < 4.78 is 41.9. The Labute approximate surface area is 224 Å². The van der Waals surface area contributed by atoms with Crippen LogP contribution in [0, 0.1) is 0 Å². The van der Waals surface area contributed by atoms with Crippen molar-refractivity contribution in [3.8, 4) is 22.8 Å². The number of aromatic amines is 1. The molecule has 40 heavy (non-hydrogen) atoms. The molecule has 0 saturated heterocycles. The molecule has 0 radical (unpaired) electrons. The third kappa shape index (κ3) is 5.02. The molecule has 206 valence electrons. The number of alkyl halides is 3. The minimum Gasteiger partial charge on any atom is -0.368 e. The summed E-state index contributed by atoms with van der Waals surface area (Å²) in [6.07, 6.45) is -0.581. The van der Waals surface area contributed by atoms with E-state index in [-0.39, 0.29) is 18.2 Å². The monoisotopic (exact) mass is 551 g/mol. The van der Waals surface area contributed by atoms with Crippen molar-refractivity contribution in [2.75, 3.05) is 5.32 Å². The first-order valence-corrected chi connectivity index (χ1v) is 12.0. The number of pyridine rings is 1. The lowest BCUT2D eigenvalue weighted by Crippen LogP contribution is -2.45. The molecule has 14 heteroatoms. The molecule has 0 spiro atoms. The van der Waals surface area contributed by atoms with Crippen LogP contribution in [-0.4, -0.2) is 45.5 Å². The van der Waals surface area contributed by atoms with Crippen LogP contribution in [0.3, 0.4) is 0 Å². The number of hydrogen-bond acceptors (Lipinski definition) is 7. The van der Waals surface area contributed by atoms with Gasteiger partial charge in [-0.05, 0) is 31.5 Å². The average molecular weight is 552 g/mol. The molecule has 4 aromatic heterocycles. The van der Waals surface area contributed by atoms with Gasteiger partial charge >= 0.3 is 11.9 Å². The fourth-order valence-electron chi connectivity index (χ4n) is 4.08. The SMILES string of the molecule is Cn1cc(C(F)(F)F)nc1-c1ccc(Cn2c(=O)[nH]c3cnc(-c4cccnc4NC(C)(C)C(N)=O)nc32)cc1. The van der Waals surface area contributed by atoms with Crippen LogP contribution in [-0.2, 0) is 24.6 Å². The molecular formula is C26H24F3N9O2. The molecule has 0 saturated carbocycles.